The summed E-state index contributed by atoms with van der Waals surface area (Å²) in [6.45, 7) is 2.00. The lowest BCUT2D eigenvalue weighted by Crippen LogP contribution is -1.90. The summed E-state index contributed by atoms with van der Waals surface area (Å²) >= 11 is 0. The van der Waals surface area contributed by atoms with Crippen LogP contribution in [0.5, 0.6) is 11.5 Å². The molecule has 0 fully saturated rings. The molecule has 0 amide bonds. The average Bonchev–Trinajstić information content (AvgIpc) is 2.43. The molecular formula is C11H8O2. The first-order chi connectivity index (χ1) is 6.36. The quantitative estimate of drug-likeness (QED) is 0.569. The fourth-order valence-corrected chi connectivity index (χ4v) is 1.67. The summed E-state index contributed by atoms with van der Waals surface area (Å²) in [6.07, 6.45) is 0. The molecule has 13 heavy (non-hydrogen) atoms. The van der Waals surface area contributed by atoms with Crippen LogP contribution in [0.15, 0.2) is 30.3 Å². The number of hydrogen-bond acceptors (Lipinski definition) is 2. The van der Waals surface area contributed by atoms with Crippen LogP contribution in [-0.4, -0.2) is 0 Å². The Bertz CT molecular complexity index is 489. The Morgan fingerprint density at radius 2 is 1.92 bits per heavy atom. The van der Waals surface area contributed by atoms with Crippen LogP contribution in [-0.2, 0) is 0 Å². The second kappa shape index (κ2) is 2.16. The summed E-state index contributed by atoms with van der Waals surface area (Å²) in [5, 5.41) is 2.27. The van der Waals surface area contributed by atoms with Gasteiger partial charge in [0, 0.05) is 10.9 Å². The van der Waals surface area contributed by atoms with Crippen LogP contribution >= 0.6 is 0 Å². The van der Waals surface area contributed by atoms with Crippen LogP contribution in [0.2, 0.25) is 0 Å². The zero-order valence-corrected chi connectivity index (χ0v) is 7.20. The summed E-state index contributed by atoms with van der Waals surface area (Å²) in [5.41, 5.74) is 1.08. The molecule has 2 aromatic rings. The van der Waals surface area contributed by atoms with Crippen LogP contribution in [0.4, 0.5) is 0 Å². The van der Waals surface area contributed by atoms with Crippen molar-refractivity contribution in [1.29, 1.82) is 0 Å². The van der Waals surface area contributed by atoms with E-state index in [1.165, 1.54) is 0 Å². The highest BCUT2D eigenvalue weighted by Crippen LogP contribution is 2.40. The van der Waals surface area contributed by atoms with Crippen LogP contribution in [0, 0.1) is 6.92 Å². The van der Waals surface area contributed by atoms with E-state index in [0.717, 1.165) is 27.8 Å². The van der Waals surface area contributed by atoms with E-state index in [2.05, 4.69) is 6.07 Å². The Morgan fingerprint density at radius 3 is 2.85 bits per heavy atom. The third-order valence-electron chi connectivity index (χ3n) is 2.42. The van der Waals surface area contributed by atoms with Crippen molar-refractivity contribution < 1.29 is 9.78 Å². The molecule has 2 nitrogen and oxygen atoms in total. The molecule has 2 aromatic carbocycles. The molecule has 0 atom stereocenters. The Labute approximate surface area is 75.6 Å². The minimum atomic E-state index is 0.828. The molecule has 0 N–H and O–H groups in total. The smallest absolute Gasteiger partial charge is 0.193 e. The summed E-state index contributed by atoms with van der Waals surface area (Å²) in [5.74, 6) is 1.68. The van der Waals surface area contributed by atoms with Crippen molar-refractivity contribution in [3.63, 3.8) is 0 Å². The molecule has 0 unspecified atom stereocenters. The zero-order chi connectivity index (χ0) is 8.84. The highest BCUT2D eigenvalue weighted by atomic mass is 17.2. The SMILES string of the molecule is Cc1c2cc3ccccc3c1OO2. The van der Waals surface area contributed by atoms with Gasteiger partial charge in [-0.1, -0.05) is 24.3 Å². The predicted octanol–water partition coefficient (Wildman–Crippen LogP) is 2.83. The van der Waals surface area contributed by atoms with Crippen molar-refractivity contribution >= 4 is 10.8 Å². The number of benzene rings is 2. The van der Waals surface area contributed by atoms with Gasteiger partial charge < -0.3 is 0 Å². The lowest BCUT2D eigenvalue weighted by Gasteiger charge is -1.97. The Morgan fingerprint density at radius 1 is 1.08 bits per heavy atom. The summed E-state index contributed by atoms with van der Waals surface area (Å²) in [4.78, 5) is 10.2. The van der Waals surface area contributed by atoms with Crippen LogP contribution in [0.1, 0.15) is 5.56 Å². The Kier molecular flexibility index (Phi) is 1.13. The van der Waals surface area contributed by atoms with E-state index in [1.807, 2.05) is 31.2 Å². The lowest BCUT2D eigenvalue weighted by atomic mass is 10.1. The van der Waals surface area contributed by atoms with Gasteiger partial charge in [-0.05, 0) is 18.4 Å². The molecule has 1 aliphatic heterocycles. The van der Waals surface area contributed by atoms with Crippen molar-refractivity contribution in [1.82, 2.24) is 0 Å². The van der Waals surface area contributed by atoms with Crippen molar-refractivity contribution in [3.8, 4) is 11.5 Å². The highest BCUT2D eigenvalue weighted by Gasteiger charge is 2.20. The maximum absolute atomic E-state index is 5.13. The lowest BCUT2D eigenvalue weighted by molar-refractivity contribution is -0.0835. The van der Waals surface area contributed by atoms with Gasteiger partial charge in [0.2, 0.25) is 0 Å². The Balaban J connectivity index is 2.53. The van der Waals surface area contributed by atoms with Gasteiger partial charge in [-0.2, -0.15) is 0 Å². The highest BCUT2D eigenvalue weighted by molar-refractivity contribution is 5.92. The number of fused-ring (bicyclic) bond motifs is 4. The van der Waals surface area contributed by atoms with Crippen LogP contribution in [0.25, 0.3) is 10.8 Å². The van der Waals surface area contributed by atoms with Gasteiger partial charge in [0.25, 0.3) is 0 Å². The Hall–Kier alpha value is -1.70. The molecule has 2 heteroatoms. The molecule has 1 heterocycles. The van der Waals surface area contributed by atoms with Crippen molar-refractivity contribution in [2.75, 3.05) is 0 Å². The minimum Gasteiger partial charge on any atom is -0.289 e. The largest absolute Gasteiger partial charge is 0.289 e. The van der Waals surface area contributed by atoms with E-state index < -0.39 is 0 Å². The molecular weight excluding hydrogens is 164 g/mol. The minimum absolute atomic E-state index is 0.828. The van der Waals surface area contributed by atoms with E-state index in [-0.39, 0.29) is 0 Å². The summed E-state index contributed by atoms with van der Waals surface area (Å²) in [6, 6.07) is 10.1. The predicted molar refractivity (Wildman–Crippen MR) is 49.9 cm³/mol. The molecule has 3 rings (SSSR count). The molecule has 0 aromatic heterocycles. The topological polar surface area (TPSA) is 18.5 Å². The molecule has 2 bridgehead atoms. The molecule has 0 saturated carbocycles. The summed E-state index contributed by atoms with van der Waals surface area (Å²) in [7, 11) is 0. The fourth-order valence-electron chi connectivity index (χ4n) is 1.67. The first-order valence-corrected chi connectivity index (χ1v) is 4.23. The molecule has 64 valence electrons. The van der Waals surface area contributed by atoms with Gasteiger partial charge >= 0.3 is 0 Å². The normalized spacial score (nSPS) is 12.7. The third kappa shape index (κ3) is 0.773. The first-order valence-electron chi connectivity index (χ1n) is 4.23. The third-order valence-corrected chi connectivity index (χ3v) is 2.42. The molecule has 1 aliphatic rings. The monoisotopic (exact) mass is 172 g/mol. The zero-order valence-electron chi connectivity index (χ0n) is 7.20. The van der Waals surface area contributed by atoms with Gasteiger partial charge in [-0.25, -0.2) is 0 Å². The van der Waals surface area contributed by atoms with Gasteiger partial charge in [0.15, 0.2) is 11.5 Å². The van der Waals surface area contributed by atoms with Gasteiger partial charge in [-0.15, -0.1) is 0 Å². The van der Waals surface area contributed by atoms with E-state index in [9.17, 15) is 0 Å². The first kappa shape index (κ1) is 6.78. The second-order valence-corrected chi connectivity index (χ2v) is 3.22. The number of rotatable bonds is 0. The second-order valence-electron chi connectivity index (χ2n) is 3.22. The van der Waals surface area contributed by atoms with E-state index in [1.54, 1.807) is 0 Å². The average molecular weight is 172 g/mol. The van der Waals surface area contributed by atoms with Gasteiger partial charge in [-0.3, -0.25) is 9.78 Å². The van der Waals surface area contributed by atoms with E-state index in [0.29, 0.717) is 0 Å². The standard InChI is InChI=1S/C11H8O2/c1-7-10-6-8-4-2-3-5-9(8)11(7)13-12-10/h2-6H,1H3. The maximum Gasteiger partial charge on any atom is 0.193 e. The summed E-state index contributed by atoms with van der Waals surface area (Å²) < 4.78 is 0. The van der Waals surface area contributed by atoms with E-state index in [4.69, 9.17) is 9.78 Å². The van der Waals surface area contributed by atoms with Crippen molar-refractivity contribution in [3.05, 3.63) is 35.9 Å². The molecule has 0 saturated heterocycles. The molecule has 0 radical (unpaired) electrons. The van der Waals surface area contributed by atoms with Crippen LogP contribution < -0.4 is 9.78 Å². The van der Waals surface area contributed by atoms with Crippen molar-refractivity contribution in [2.24, 2.45) is 0 Å². The van der Waals surface area contributed by atoms with E-state index >= 15 is 0 Å². The molecule has 0 spiro atoms. The maximum atomic E-state index is 5.13. The van der Waals surface area contributed by atoms with Gasteiger partial charge in [0.1, 0.15) is 0 Å². The van der Waals surface area contributed by atoms with Crippen LogP contribution in [0.3, 0.4) is 0 Å². The van der Waals surface area contributed by atoms with Crippen molar-refractivity contribution in [2.45, 2.75) is 6.92 Å². The fraction of sp³-hybridized carbons (Fsp3) is 0.0909. The molecule has 0 aliphatic carbocycles. The van der Waals surface area contributed by atoms with Gasteiger partial charge in [0.05, 0.1) is 0 Å². The number of hydrogen-bond donors (Lipinski definition) is 0.